The zero-order chi connectivity index (χ0) is 32.7. The van der Waals surface area contributed by atoms with Gasteiger partial charge in [0.1, 0.15) is 6.04 Å². The van der Waals surface area contributed by atoms with E-state index < -0.39 is 12.1 Å². The number of halogens is 6. The van der Waals surface area contributed by atoms with E-state index in [0.29, 0.717) is 19.4 Å². The maximum absolute atomic E-state index is 13.3. The molecule has 0 aliphatic heterocycles. The number of carbonyl (C=O) groups excluding carboxylic acids is 2. The van der Waals surface area contributed by atoms with Crippen molar-refractivity contribution in [2.24, 2.45) is 27.9 Å². The molecule has 9 N–H and O–H groups in total. The van der Waals surface area contributed by atoms with Gasteiger partial charge in [0.2, 0.25) is 11.8 Å². The van der Waals surface area contributed by atoms with Crippen LogP contribution < -0.4 is 28.3 Å². The first-order valence-corrected chi connectivity index (χ1v) is 18.5. The molecule has 308 valence electrons. The van der Waals surface area contributed by atoms with Crippen LogP contribution in [0.15, 0.2) is 4.99 Å². The Hall–Kier alpha value is -0.130. The van der Waals surface area contributed by atoms with E-state index in [4.69, 9.17) is 22.9 Å². The summed E-state index contributed by atoms with van der Waals surface area (Å²) >= 11 is 0. The van der Waals surface area contributed by atoms with E-state index in [2.05, 4.69) is 24.2 Å². The Bertz CT molecular complexity index is 727. The molecule has 0 radical (unpaired) electrons. The molecule has 0 aliphatic rings. The van der Waals surface area contributed by atoms with Crippen LogP contribution in [0.2, 0.25) is 0 Å². The standard InChI is InChI=1S/C35H73N7O2.6ClH/c1-3-5-7-9-11-13-15-16-18-20-22-24-29-42(28-23-21-19-17-14-12-10-8-6-4-2)34(44)32(37)30-41-33(43)31(36)26-25-27-40-35(38)39;;;;;;/h31-32H,3-30,36-37H2,1-2H3,(H,41,43)(H4,38,39,40);6*1H/t31-,32?;;;;;;/m0....../s1. The van der Waals surface area contributed by atoms with Gasteiger partial charge in [0.05, 0.1) is 6.04 Å². The highest BCUT2D eigenvalue weighted by Crippen LogP contribution is 2.14. The fourth-order valence-corrected chi connectivity index (χ4v) is 5.58. The third kappa shape index (κ3) is 42.3. The number of rotatable bonds is 32. The van der Waals surface area contributed by atoms with Crippen molar-refractivity contribution in [3.8, 4) is 0 Å². The zero-order valence-corrected chi connectivity index (χ0v) is 36.3. The third-order valence-corrected chi connectivity index (χ3v) is 8.49. The largest absolute Gasteiger partial charge is 0.370 e. The Labute approximate surface area is 344 Å². The normalized spacial score (nSPS) is 11.0. The maximum Gasteiger partial charge on any atom is 0.241 e. The van der Waals surface area contributed by atoms with Gasteiger partial charge in [0.15, 0.2) is 5.96 Å². The van der Waals surface area contributed by atoms with Gasteiger partial charge in [-0.1, -0.05) is 142 Å². The lowest BCUT2D eigenvalue weighted by molar-refractivity contribution is -0.133. The number of hydrogen-bond acceptors (Lipinski definition) is 5. The molecular weight excluding hydrogens is 763 g/mol. The predicted molar refractivity (Wildman–Crippen MR) is 232 cm³/mol. The molecule has 0 spiro atoms. The van der Waals surface area contributed by atoms with Crippen molar-refractivity contribution in [3.05, 3.63) is 0 Å². The summed E-state index contributed by atoms with van der Waals surface area (Å²) in [7, 11) is 0. The quantitative estimate of drug-likeness (QED) is 0.0258. The van der Waals surface area contributed by atoms with Crippen molar-refractivity contribution in [3.63, 3.8) is 0 Å². The molecule has 0 heterocycles. The molecule has 15 heteroatoms. The number of nitrogens with zero attached hydrogens (tertiary/aromatic N) is 2. The summed E-state index contributed by atoms with van der Waals surface area (Å²) in [5.74, 6) is -0.357. The third-order valence-electron chi connectivity index (χ3n) is 8.49. The molecule has 0 bridgehead atoms. The van der Waals surface area contributed by atoms with E-state index in [1.807, 2.05) is 4.90 Å². The molecule has 50 heavy (non-hydrogen) atoms. The van der Waals surface area contributed by atoms with Gasteiger partial charge in [-0.15, -0.1) is 74.4 Å². The molecule has 0 aromatic heterocycles. The van der Waals surface area contributed by atoms with Gasteiger partial charge in [-0.3, -0.25) is 14.6 Å². The lowest BCUT2D eigenvalue weighted by Gasteiger charge is -2.26. The lowest BCUT2D eigenvalue weighted by atomic mass is 10.0. The highest BCUT2D eigenvalue weighted by atomic mass is 35.5. The smallest absolute Gasteiger partial charge is 0.241 e. The predicted octanol–water partition coefficient (Wildman–Crippen LogP) is 8.79. The fourth-order valence-electron chi connectivity index (χ4n) is 5.58. The van der Waals surface area contributed by atoms with Crippen molar-refractivity contribution in [2.75, 3.05) is 26.2 Å². The summed E-state index contributed by atoms with van der Waals surface area (Å²) in [5.41, 5.74) is 22.9. The van der Waals surface area contributed by atoms with Gasteiger partial charge in [-0.2, -0.15) is 0 Å². The average molecular weight is 843 g/mol. The first-order valence-electron chi connectivity index (χ1n) is 18.5. The van der Waals surface area contributed by atoms with Crippen LogP contribution in [-0.2, 0) is 9.59 Å². The van der Waals surface area contributed by atoms with Gasteiger partial charge in [-0.25, -0.2) is 0 Å². The van der Waals surface area contributed by atoms with Crippen LogP contribution in [-0.4, -0.2) is 60.9 Å². The van der Waals surface area contributed by atoms with E-state index >= 15 is 0 Å². The fraction of sp³-hybridized carbons (Fsp3) is 0.914. The maximum atomic E-state index is 13.3. The number of guanidine groups is 1. The molecule has 9 nitrogen and oxygen atoms in total. The number of hydrogen-bond donors (Lipinski definition) is 5. The van der Waals surface area contributed by atoms with Crippen molar-refractivity contribution in [2.45, 2.75) is 180 Å². The first kappa shape index (κ1) is 64.8. The van der Waals surface area contributed by atoms with E-state index in [1.165, 1.54) is 116 Å². The number of nitrogens with one attached hydrogen (secondary N) is 1. The van der Waals surface area contributed by atoms with Crippen LogP contribution in [0.4, 0.5) is 0 Å². The SMILES string of the molecule is CCCCCCCCCCCCCCN(CCCCCCCCCCCC)C(=O)C(N)CNC(=O)[C@@H](N)CCCN=C(N)N.Cl.Cl.Cl.Cl.Cl.Cl. The Morgan fingerprint density at radius 2 is 0.880 bits per heavy atom. The van der Waals surface area contributed by atoms with Crippen LogP contribution in [0.25, 0.3) is 0 Å². The molecule has 0 rings (SSSR count). The van der Waals surface area contributed by atoms with Crippen LogP contribution in [0.1, 0.15) is 168 Å². The van der Waals surface area contributed by atoms with Crippen LogP contribution in [0, 0.1) is 0 Å². The molecule has 0 aromatic carbocycles. The van der Waals surface area contributed by atoms with Gasteiger partial charge in [0.25, 0.3) is 0 Å². The monoisotopic (exact) mass is 839 g/mol. The summed E-state index contributed by atoms with van der Waals surface area (Å²) in [5, 5.41) is 2.77. The molecule has 0 saturated heterocycles. The van der Waals surface area contributed by atoms with Crippen molar-refractivity contribution in [1.82, 2.24) is 10.2 Å². The molecule has 0 aromatic rings. The molecular formula is C35H79Cl6N7O2. The van der Waals surface area contributed by atoms with Crippen LogP contribution in [0.5, 0.6) is 0 Å². The Balaban J connectivity index is -0.000000616. The number of amides is 2. The summed E-state index contributed by atoms with van der Waals surface area (Å²) in [4.78, 5) is 31.6. The summed E-state index contributed by atoms with van der Waals surface area (Å²) in [6, 6.07) is -1.46. The number of aliphatic imine (C=N–C) groups is 1. The van der Waals surface area contributed by atoms with E-state index in [-0.39, 0.29) is 98.8 Å². The highest BCUT2D eigenvalue weighted by molar-refractivity contribution is 5.86. The molecule has 0 aliphatic carbocycles. The second kappa shape index (κ2) is 48.9. The number of carbonyl (C=O) groups is 2. The molecule has 0 fully saturated rings. The van der Waals surface area contributed by atoms with Gasteiger partial charge in [0, 0.05) is 26.2 Å². The van der Waals surface area contributed by atoms with Crippen LogP contribution in [0.3, 0.4) is 0 Å². The zero-order valence-electron chi connectivity index (χ0n) is 31.4. The first-order chi connectivity index (χ1) is 21.3. The van der Waals surface area contributed by atoms with Gasteiger partial charge >= 0.3 is 0 Å². The molecule has 2 atom stereocenters. The van der Waals surface area contributed by atoms with Crippen molar-refractivity contribution >= 4 is 92.2 Å². The molecule has 0 saturated carbocycles. The van der Waals surface area contributed by atoms with Crippen molar-refractivity contribution in [1.29, 1.82) is 0 Å². The van der Waals surface area contributed by atoms with Crippen molar-refractivity contribution < 1.29 is 9.59 Å². The summed E-state index contributed by atoms with van der Waals surface area (Å²) < 4.78 is 0. The summed E-state index contributed by atoms with van der Waals surface area (Å²) in [6.45, 7) is 6.51. The second-order valence-corrected chi connectivity index (χ2v) is 12.8. The minimum absolute atomic E-state index is 0. The minimum atomic E-state index is -0.770. The minimum Gasteiger partial charge on any atom is -0.370 e. The Morgan fingerprint density at radius 3 is 1.22 bits per heavy atom. The van der Waals surface area contributed by atoms with Crippen LogP contribution >= 0.6 is 74.4 Å². The van der Waals surface area contributed by atoms with E-state index in [1.54, 1.807) is 0 Å². The average Bonchev–Trinajstić information content (AvgIpc) is 3.01. The summed E-state index contributed by atoms with van der Waals surface area (Å²) in [6.07, 6.45) is 29.2. The number of nitrogens with two attached hydrogens (primary N) is 4. The second-order valence-electron chi connectivity index (χ2n) is 12.8. The highest BCUT2D eigenvalue weighted by Gasteiger charge is 2.22. The molecule has 2 amide bonds. The van der Waals surface area contributed by atoms with Gasteiger partial charge < -0.3 is 33.2 Å². The van der Waals surface area contributed by atoms with E-state index in [9.17, 15) is 9.59 Å². The van der Waals surface area contributed by atoms with E-state index in [0.717, 1.165) is 38.8 Å². The molecule has 1 unspecified atom stereocenters. The lowest BCUT2D eigenvalue weighted by Crippen LogP contribution is -2.52. The topological polar surface area (TPSA) is 166 Å². The Morgan fingerprint density at radius 1 is 0.540 bits per heavy atom. The Kier molecular flexibility index (Phi) is 63.3. The number of unbranched alkanes of at least 4 members (excludes halogenated alkanes) is 20. The van der Waals surface area contributed by atoms with Gasteiger partial charge in [-0.05, 0) is 25.7 Å².